The zero-order chi connectivity index (χ0) is 16.3. The monoisotopic (exact) mass is 323 g/mol. The summed E-state index contributed by atoms with van der Waals surface area (Å²) in [4.78, 5) is 26.4. The van der Waals surface area contributed by atoms with Crippen molar-refractivity contribution in [3.63, 3.8) is 0 Å². The molecule has 3 heterocycles. The number of halogens is 2. The first-order valence-corrected chi connectivity index (χ1v) is 7.56. The number of imide groups is 1. The van der Waals surface area contributed by atoms with E-state index in [2.05, 4.69) is 4.74 Å². The van der Waals surface area contributed by atoms with Gasteiger partial charge in [-0.2, -0.15) is 8.78 Å². The van der Waals surface area contributed by atoms with Gasteiger partial charge in [0.2, 0.25) is 11.8 Å². The maximum Gasteiger partial charge on any atom is 0.387 e. The molecule has 1 aromatic rings. The van der Waals surface area contributed by atoms with Crippen LogP contribution in [0.1, 0.15) is 18.4 Å². The van der Waals surface area contributed by atoms with Gasteiger partial charge in [0.25, 0.3) is 0 Å². The van der Waals surface area contributed by atoms with E-state index in [1.54, 1.807) is 13.0 Å². The molecular weight excluding hydrogens is 308 g/mol. The molecule has 23 heavy (non-hydrogen) atoms. The van der Waals surface area contributed by atoms with Gasteiger partial charge in [0.05, 0.1) is 29.7 Å². The molecule has 0 unspecified atom stereocenters. The molecule has 3 fully saturated rings. The molecule has 3 aliphatic heterocycles. The molecule has 5 nitrogen and oxygen atoms in total. The lowest BCUT2D eigenvalue weighted by molar-refractivity contribution is -0.125. The van der Waals surface area contributed by atoms with Crippen LogP contribution in [0, 0.1) is 18.8 Å². The Labute approximate surface area is 131 Å². The lowest BCUT2D eigenvalue weighted by Gasteiger charge is -2.20. The molecule has 0 aliphatic carbocycles. The highest BCUT2D eigenvalue weighted by Crippen LogP contribution is 2.50. The Morgan fingerprint density at radius 2 is 1.78 bits per heavy atom. The normalized spacial score (nSPS) is 32.1. The third-order valence-electron chi connectivity index (χ3n) is 4.86. The second kappa shape index (κ2) is 4.99. The van der Waals surface area contributed by atoms with E-state index in [4.69, 9.17) is 4.74 Å². The number of anilines is 1. The smallest absolute Gasteiger partial charge is 0.387 e. The molecule has 0 radical (unpaired) electrons. The minimum Gasteiger partial charge on any atom is -0.433 e. The molecule has 3 saturated heterocycles. The molecular formula is C16H15F2NO4. The molecule has 7 heteroatoms. The summed E-state index contributed by atoms with van der Waals surface area (Å²) >= 11 is 0. The van der Waals surface area contributed by atoms with Crippen molar-refractivity contribution in [3.05, 3.63) is 23.8 Å². The number of aryl methyl sites for hydroxylation is 1. The Morgan fingerprint density at radius 1 is 1.17 bits per heavy atom. The summed E-state index contributed by atoms with van der Waals surface area (Å²) in [5, 5.41) is 0. The number of amides is 2. The number of carbonyl (C=O) groups excluding carboxylic acids is 2. The van der Waals surface area contributed by atoms with Gasteiger partial charge < -0.3 is 9.47 Å². The standard InChI is InChI=1S/C16H15F2NO4/c1-7-2-3-8(11(6-7)23-16(17)18)19-14(20)12-9-4-5-10(22-9)13(12)15(19)21/h2-3,6,9-10,12-13,16H,4-5H2,1H3/t9-,10+,12-,13-/m0/s1. The number of hydrogen-bond donors (Lipinski definition) is 0. The van der Waals surface area contributed by atoms with Gasteiger partial charge in [0, 0.05) is 0 Å². The first kappa shape index (κ1) is 14.6. The largest absolute Gasteiger partial charge is 0.433 e. The molecule has 2 amide bonds. The fourth-order valence-corrected chi connectivity index (χ4v) is 3.95. The minimum atomic E-state index is -3.03. The van der Waals surface area contributed by atoms with E-state index >= 15 is 0 Å². The summed E-state index contributed by atoms with van der Waals surface area (Å²) in [5.74, 6) is -1.91. The van der Waals surface area contributed by atoms with Crippen LogP contribution in [0.3, 0.4) is 0 Å². The molecule has 0 saturated carbocycles. The van der Waals surface area contributed by atoms with Crippen molar-refractivity contribution >= 4 is 17.5 Å². The first-order valence-electron chi connectivity index (χ1n) is 7.56. The van der Waals surface area contributed by atoms with Crippen molar-refractivity contribution in [2.45, 2.75) is 38.6 Å². The van der Waals surface area contributed by atoms with Crippen LogP contribution >= 0.6 is 0 Å². The van der Waals surface area contributed by atoms with Crippen LogP contribution in [0.2, 0.25) is 0 Å². The Hall–Kier alpha value is -2.02. The molecule has 0 N–H and O–H groups in total. The summed E-state index contributed by atoms with van der Waals surface area (Å²) in [6, 6.07) is 4.54. The molecule has 122 valence electrons. The van der Waals surface area contributed by atoms with Crippen LogP contribution in [0.15, 0.2) is 18.2 Å². The van der Waals surface area contributed by atoms with Gasteiger partial charge in [-0.05, 0) is 37.5 Å². The number of fused-ring (bicyclic) bond motifs is 5. The Morgan fingerprint density at radius 3 is 2.35 bits per heavy atom. The Balaban J connectivity index is 1.74. The number of carbonyl (C=O) groups is 2. The molecule has 0 spiro atoms. The van der Waals surface area contributed by atoms with E-state index < -0.39 is 18.4 Å². The summed E-state index contributed by atoms with van der Waals surface area (Å²) in [6.07, 6.45) is 1.03. The molecule has 4 atom stereocenters. The summed E-state index contributed by atoms with van der Waals surface area (Å²) in [5.41, 5.74) is 0.784. The third-order valence-corrected chi connectivity index (χ3v) is 4.86. The third kappa shape index (κ3) is 2.06. The van der Waals surface area contributed by atoms with Gasteiger partial charge in [-0.15, -0.1) is 0 Å². The van der Waals surface area contributed by atoms with Crippen LogP contribution in [0.25, 0.3) is 0 Å². The minimum absolute atomic E-state index is 0.0831. The van der Waals surface area contributed by atoms with Crippen molar-refractivity contribution < 1.29 is 27.8 Å². The van der Waals surface area contributed by atoms with Crippen LogP contribution in [0.5, 0.6) is 5.75 Å². The molecule has 0 aromatic heterocycles. The predicted octanol–water partition coefficient (Wildman–Crippen LogP) is 2.26. The van der Waals surface area contributed by atoms with Gasteiger partial charge in [-0.25, -0.2) is 4.90 Å². The van der Waals surface area contributed by atoms with E-state index in [0.29, 0.717) is 5.56 Å². The quantitative estimate of drug-likeness (QED) is 0.801. The first-order chi connectivity index (χ1) is 11.0. The van der Waals surface area contributed by atoms with Crippen molar-refractivity contribution in [3.8, 4) is 5.75 Å². The van der Waals surface area contributed by atoms with Gasteiger partial charge in [-0.3, -0.25) is 9.59 Å². The maximum atomic E-state index is 12.7. The summed E-state index contributed by atoms with van der Waals surface area (Å²) < 4.78 is 35.5. The summed E-state index contributed by atoms with van der Waals surface area (Å²) in [6.45, 7) is -1.30. The highest BCUT2D eigenvalue weighted by molar-refractivity contribution is 6.23. The SMILES string of the molecule is Cc1ccc(N2C(=O)[C@@H]3[C@@H](C2=O)[C@H]2CC[C@@H]3O2)c(OC(F)F)c1. The van der Waals surface area contributed by atoms with E-state index in [0.717, 1.165) is 17.7 Å². The number of hydrogen-bond acceptors (Lipinski definition) is 4. The number of alkyl halides is 2. The predicted molar refractivity (Wildman–Crippen MR) is 75.2 cm³/mol. The number of ether oxygens (including phenoxy) is 2. The lowest BCUT2D eigenvalue weighted by atomic mass is 9.81. The van der Waals surface area contributed by atoms with Crippen LogP contribution in [-0.2, 0) is 14.3 Å². The van der Waals surface area contributed by atoms with Crippen LogP contribution in [0.4, 0.5) is 14.5 Å². The summed E-state index contributed by atoms with van der Waals surface area (Å²) in [7, 11) is 0. The zero-order valence-electron chi connectivity index (χ0n) is 12.4. The average Bonchev–Trinajstić information content (AvgIpc) is 3.14. The van der Waals surface area contributed by atoms with E-state index in [1.165, 1.54) is 12.1 Å². The second-order valence-corrected chi connectivity index (χ2v) is 6.20. The molecule has 4 rings (SSSR count). The van der Waals surface area contributed by atoms with E-state index in [-0.39, 0.29) is 35.5 Å². The van der Waals surface area contributed by atoms with E-state index in [1.807, 2.05) is 0 Å². The molecule has 1 aromatic carbocycles. The molecule has 3 aliphatic rings. The number of rotatable bonds is 3. The lowest BCUT2D eigenvalue weighted by Crippen LogP contribution is -2.34. The Kier molecular flexibility index (Phi) is 3.16. The maximum absolute atomic E-state index is 12.7. The van der Waals surface area contributed by atoms with Gasteiger partial charge in [0.1, 0.15) is 0 Å². The van der Waals surface area contributed by atoms with Crippen molar-refractivity contribution in [2.24, 2.45) is 11.8 Å². The molecule has 2 bridgehead atoms. The topological polar surface area (TPSA) is 55.8 Å². The fraction of sp³-hybridized carbons (Fsp3) is 0.500. The van der Waals surface area contributed by atoms with Crippen LogP contribution in [-0.4, -0.2) is 30.6 Å². The van der Waals surface area contributed by atoms with Crippen molar-refractivity contribution in [1.82, 2.24) is 0 Å². The number of benzene rings is 1. The zero-order valence-corrected chi connectivity index (χ0v) is 12.4. The fourth-order valence-electron chi connectivity index (χ4n) is 3.95. The average molecular weight is 323 g/mol. The second-order valence-electron chi connectivity index (χ2n) is 6.20. The Bertz CT molecular complexity index is 665. The van der Waals surface area contributed by atoms with Gasteiger partial charge in [0.15, 0.2) is 5.75 Å². The highest BCUT2D eigenvalue weighted by atomic mass is 19.3. The van der Waals surface area contributed by atoms with Crippen molar-refractivity contribution in [2.75, 3.05) is 4.90 Å². The van der Waals surface area contributed by atoms with Gasteiger partial charge in [-0.1, -0.05) is 6.07 Å². The van der Waals surface area contributed by atoms with Crippen LogP contribution < -0.4 is 9.64 Å². The number of nitrogens with zero attached hydrogens (tertiary/aromatic N) is 1. The van der Waals surface area contributed by atoms with Gasteiger partial charge >= 0.3 is 6.61 Å². The van der Waals surface area contributed by atoms with E-state index in [9.17, 15) is 18.4 Å². The highest BCUT2D eigenvalue weighted by Gasteiger charge is 2.62. The van der Waals surface area contributed by atoms with Crippen molar-refractivity contribution in [1.29, 1.82) is 0 Å².